The van der Waals surface area contributed by atoms with Crippen LogP contribution in [-0.2, 0) is 13.1 Å². The third-order valence-corrected chi connectivity index (χ3v) is 3.68. The predicted molar refractivity (Wildman–Crippen MR) is 96.9 cm³/mol. The number of benzene rings is 1. The number of carboxylic acid groups (broad SMARTS) is 1. The first-order valence-electron chi connectivity index (χ1n) is 7.81. The normalized spacial score (nSPS) is 10.4. The molecule has 2 N–H and O–H groups in total. The first-order valence-corrected chi connectivity index (χ1v) is 7.81. The van der Waals surface area contributed by atoms with E-state index in [1.165, 1.54) is 0 Å². The Labute approximate surface area is 151 Å². The largest absolute Gasteiger partial charge is 0.478 e. The molecule has 25 heavy (non-hydrogen) atoms. The fraction of sp³-hybridized carbons (Fsp3) is 0.222. The SMILES string of the molecule is Cl.O=C(O)c1cccc(-c2ccc(CNCCCn3ccnc3)o2)c1. The lowest BCUT2D eigenvalue weighted by Crippen LogP contribution is -2.15. The second-order valence-electron chi connectivity index (χ2n) is 5.48. The highest BCUT2D eigenvalue weighted by atomic mass is 35.5. The molecular formula is C18H20ClN3O3. The monoisotopic (exact) mass is 361 g/mol. The number of aromatic nitrogens is 2. The first kappa shape index (κ1) is 18.8. The summed E-state index contributed by atoms with van der Waals surface area (Å²) in [6.45, 7) is 2.45. The minimum absolute atomic E-state index is 0. The van der Waals surface area contributed by atoms with E-state index < -0.39 is 5.97 Å². The van der Waals surface area contributed by atoms with Gasteiger partial charge in [-0.2, -0.15) is 0 Å². The van der Waals surface area contributed by atoms with Crippen LogP contribution in [0.1, 0.15) is 22.5 Å². The van der Waals surface area contributed by atoms with Crippen molar-refractivity contribution in [3.05, 3.63) is 66.4 Å². The van der Waals surface area contributed by atoms with Gasteiger partial charge in [-0.1, -0.05) is 12.1 Å². The smallest absolute Gasteiger partial charge is 0.335 e. The summed E-state index contributed by atoms with van der Waals surface area (Å²) in [5, 5.41) is 12.4. The Bertz CT molecular complexity index is 800. The van der Waals surface area contributed by atoms with Gasteiger partial charge in [-0.25, -0.2) is 9.78 Å². The van der Waals surface area contributed by atoms with Crippen LogP contribution in [0.2, 0.25) is 0 Å². The maximum Gasteiger partial charge on any atom is 0.335 e. The fourth-order valence-corrected chi connectivity index (χ4v) is 2.45. The van der Waals surface area contributed by atoms with Gasteiger partial charge in [-0.15, -0.1) is 12.4 Å². The van der Waals surface area contributed by atoms with E-state index in [-0.39, 0.29) is 18.0 Å². The van der Waals surface area contributed by atoms with Crippen LogP contribution in [0.4, 0.5) is 0 Å². The van der Waals surface area contributed by atoms with Crippen molar-refractivity contribution < 1.29 is 14.3 Å². The number of aromatic carboxylic acids is 1. The molecule has 132 valence electrons. The predicted octanol–water partition coefficient (Wildman–Crippen LogP) is 3.44. The van der Waals surface area contributed by atoms with Gasteiger partial charge in [0.05, 0.1) is 18.4 Å². The van der Waals surface area contributed by atoms with Crippen molar-refractivity contribution in [2.45, 2.75) is 19.5 Å². The van der Waals surface area contributed by atoms with Gasteiger partial charge in [0.1, 0.15) is 11.5 Å². The molecule has 6 nitrogen and oxygen atoms in total. The Kier molecular flexibility index (Phi) is 6.80. The highest BCUT2D eigenvalue weighted by molar-refractivity contribution is 5.89. The summed E-state index contributed by atoms with van der Waals surface area (Å²) in [7, 11) is 0. The molecule has 2 aromatic heterocycles. The summed E-state index contributed by atoms with van der Waals surface area (Å²) in [5.41, 5.74) is 1.02. The van der Waals surface area contributed by atoms with Crippen LogP contribution in [0.3, 0.4) is 0 Å². The Morgan fingerprint density at radius 1 is 1.28 bits per heavy atom. The van der Waals surface area contributed by atoms with E-state index in [0.717, 1.165) is 30.8 Å². The number of furan rings is 1. The standard InChI is InChI=1S/C18H19N3O3.ClH/c22-18(23)15-4-1-3-14(11-15)17-6-5-16(24-17)12-19-7-2-9-21-10-8-20-13-21;/h1,3-6,8,10-11,13,19H,2,7,9,12H2,(H,22,23);1H. The van der Waals surface area contributed by atoms with Gasteiger partial charge in [0.25, 0.3) is 0 Å². The van der Waals surface area contributed by atoms with Gasteiger partial charge in [0.15, 0.2) is 0 Å². The van der Waals surface area contributed by atoms with Gasteiger partial charge in [0, 0.05) is 24.5 Å². The number of nitrogens with one attached hydrogen (secondary N) is 1. The molecular weight excluding hydrogens is 342 g/mol. The summed E-state index contributed by atoms with van der Waals surface area (Å²) in [5.74, 6) is 0.560. The lowest BCUT2D eigenvalue weighted by atomic mass is 10.1. The summed E-state index contributed by atoms with van der Waals surface area (Å²) in [6, 6.07) is 10.5. The van der Waals surface area contributed by atoms with E-state index in [2.05, 4.69) is 10.3 Å². The zero-order valence-corrected chi connectivity index (χ0v) is 14.4. The summed E-state index contributed by atoms with van der Waals surface area (Å²) in [6.07, 6.45) is 6.54. The van der Waals surface area contributed by atoms with Gasteiger partial charge in [-0.3, -0.25) is 0 Å². The number of hydrogen-bond acceptors (Lipinski definition) is 4. The summed E-state index contributed by atoms with van der Waals surface area (Å²) < 4.78 is 7.83. The van der Waals surface area contributed by atoms with Crippen LogP contribution in [0.15, 0.2) is 59.5 Å². The Balaban J connectivity index is 0.00000225. The third kappa shape index (κ3) is 5.20. The van der Waals surface area contributed by atoms with Crippen LogP contribution in [0.5, 0.6) is 0 Å². The maximum absolute atomic E-state index is 11.0. The van der Waals surface area contributed by atoms with Crippen molar-refractivity contribution in [1.82, 2.24) is 14.9 Å². The van der Waals surface area contributed by atoms with Crippen molar-refractivity contribution in [3.63, 3.8) is 0 Å². The van der Waals surface area contributed by atoms with Crippen LogP contribution < -0.4 is 5.32 Å². The maximum atomic E-state index is 11.0. The molecule has 2 heterocycles. The van der Waals surface area contributed by atoms with Crippen molar-refractivity contribution >= 4 is 18.4 Å². The molecule has 1 aromatic carbocycles. The summed E-state index contributed by atoms with van der Waals surface area (Å²) >= 11 is 0. The van der Waals surface area contributed by atoms with E-state index in [1.54, 1.807) is 24.4 Å². The van der Waals surface area contributed by atoms with Crippen LogP contribution >= 0.6 is 12.4 Å². The van der Waals surface area contributed by atoms with E-state index in [1.807, 2.05) is 35.3 Å². The van der Waals surface area contributed by atoms with E-state index in [9.17, 15) is 4.79 Å². The molecule has 0 aliphatic carbocycles. The second-order valence-corrected chi connectivity index (χ2v) is 5.48. The van der Waals surface area contributed by atoms with E-state index in [4.69, 9.17) is 9.52 Å². The molecule has 0 bridgehead atoms. The van der Waals surface area contributed by atoms with Crippen LogP contribution in [0, 0.1) is 0 Å². The Morgan fingerprint density at radius 2 is 2.16 bits per heavy atom. The molecule has 0 aliphatic rings. The number of carboxylic acids is 1. The number of imidazole rings is 1. The van der Waals surface area contributed by atoms with Crippen molar-refractivity contribution in [1.29, 1.82) is 0 Å². The molecule has 0 saturated heterocycles. The average molecular weight is 362 g/mol. The average Bonchev–Trinajstić information content (AvgIpc) is 3.26. The lowest BCUT2D eigenvalue weighted by Gasteiger charge is -2.04. The fourth-order valence-electron chi connectivity index (χ4n) is 2.45. The molecule has 0 fully saturated rings. The number of hydrogen-bond donors (Lipinski definition) is 2. The highest BCUT2D eigenvalue weighted by Gasteiger charge is 2.08. The molecule has 0 saturated carbocycles. The molecule has 0 unspecified atom stereocenters. The minimum Gasteiger partial charge on any atom is -0.478 e. The topological polar surface area (TPSA) is 80.3 Å². The Morgan fingerprint density at radius 3 is 2.92 bits per heavy atom. The molecule has 0 aliphatic heterocycles. The van der Waals surface area contributed by atoms with Gasteiger partial charge in [-0.05, 0) is 37.2 Å². The van der Waals surface area contributed by atoms with Crippen molar-refractivity contribution in [3.8, 4) is 11.3 Å². The van der Waals surface area contributed by atoms with Gasteiger partial charge in [0.2, 0.25) is 0 Å². The molecule has 7 heteroatoms. The van der Waals surface area contributed by atoms with Gasteiger partial charge >= 0.3 is 5.97 Å². The molecule has 0 atom stereocenters. The van der Waals surface area contributed by atoms with E-state index >= 15 is 0 Å². The lowest BCUT2D eigenvalue weighted by molar-refractivity contribution is 0.0697. The first-order chi connectivity index (χ1) is 11.7. The van der Waals surface area contributed by atoms with Crippen molar-refractivity contribution in [2.75, 3.05) is 6.54 Å². The number of rotatable bonds is 8. The minimum atomic E-state index is -0.941. The molecule has 0 spiro atoms. The summed E-state index contributed by atoms with van der Waals surface area (Å²) in [4.78, 5) is 15.0. The number of halogens is 1. The molecule has 0 radical (unpaired) electrons. The zero-order valence-electron chi connectivity index (χ0n) is 13.6. The van der Waals surface area contributed by atoms with E-state index in [0.29, 0.717) is 12.3 Å². The highest BCUT2D eigenvalue weighted by Crippen LogP contribution is 2.23. The van der Waals surface area contributed by atoms with Crippen LogP contribution in [0.25, 0.3) is 11.3 Å². The molecule has 3 aromatic rings. The molecule has 3 rings (SSSR count). The number of aryl methyl sites for hydroxylation is 1. The van der Waals surface area contributed by atoms with Gasteiger partial charge < -0.3 is 19.4 Å². The van der Waals surface area contributed by atoms with Crippen LogP contribution in [-0.4, -0.2) is 27.2 Å². The second kappa shape index (κ2) is 9.05. The third-order valence-electron chi connectivity index (χ3n) is 3.68. The number of carbonyl (C=O) groups is 1. The Hall–Kier alpha value is -2.57. The molecule has 0 amide bonds. The quantitative estimate of drug-likeness (QED) is 0.601. The van der Waals surface area contributed by atoms with Crippen molar-refractivity contribution in [2.24, 2.45) is 0 Å². The number of nitrogens with zero attached hydrogens (tertiary/aromatic N) is 2. The zero-order chi connectivity index (χ0) is 16.8.